The molecule has 0 unspecified atom stereocenters. The van der Waals surface area contributed by atoms with Gasteiger partial charge in [-0.1, -0.05) is 42.5 Å². The van der Waals surface area contributed by atoms with Crippen molar-refractivity contribution in [2.24, 2.45) is 5.92 Å². The minimum Gasteiger partial charge on any atom is -0.352 e. The van der Waals surface area contributed by atoms with Crippen molar-refractivity contribution in [3.05, 3.63) is 48.0 Å². The van der Waals surface area contributed by atoms with Crippen LogP contribution in [-0.2, 0) is 16.0 Å². The standard InChI is InChI=1S/C19H26N2O2/c1-15(2)13-20-19(23)17-10-11-18(22)21(14-17)12-6-9-16-7-4-3-5-8-16/h3-5,7-8,17H,1,6,9-14H2,2H3,(H,20,23)/t17-/m0/s1. The molecule has 4 nitrogen and oxygen atoms in total. The van der Waals surface area contributed by atoms with Gasteiger partial charge in [-0.2, -0.15) is 0 Å². The van der Waals surface area contributed by atoms with E-state index in [2.05, 4.69) is 24.0 Å². The van der Waals surface area contributed by atoms with Gasteiger partial charge in [-0.3, -0.25) is 9.59 Å². The Morgan fingerprint density at radius 3 is 2.78 bits per heavy atom. The molecule has 2 rings (SSSR count). The summed E-state index contributed by atoms with van der Waals surface area (Å²) in [7, 11) is 0. The molecular weight excluding hydrogens is 288 g/mol. The molecule has 0 radical (unpaired) electrons. The number of benzene rings is 1. The van der Waals surface area contributed by atoms with Crippen molar-refractivity contribution >= 4 is 11.8 Å². The summed E-state index contributed by atoms with van der Waals surface area (Å²) in [5, 5.41) is 2.89. The van der Waals surface area contributed by atoms with Gasteiger partial charge >= 0.3 is 0 Å². The number of rotatable bonds is 7. The maximum atomic E-state index is 12.2. The van der Waals surface area contributed by atoms with E-state index >= 15 is 0 Å². The predicted octanol–water partition coefficient (Wildman–Crippen LogP) is 2.55. The Labute approximate surface area is 138 Å². The zero-order valence-electron chi connectivity index (χ0n) is 13.9. The van der Waals surface area contributed by atoms with E-state index in [9.17, 15) is 9.59 Å². The zero-order valence-corrected chi connectivity index (χ0v) is 13.9. The first kappa shape index (κ1) is 17.3. The van der Waals surface area contributed by atoms with Crippen LogP contribution in [0.15, 0.2) is 42.5 Å². The Morgan fingerprint density at radius 2 is 2.09 bits per heavy atom. The Bertz CT molecular complexity index is 554. The van der Waals surface area contributed by atoms with Crippen LogP contribution in [-0.4, -0.2) is 36.3 Å². The van der Waals surface area contributed by atoms with Crippen LogP contribution in [0.5, 0.6) is 0 Å². The van der Waals surface area contributed by atoms with Crippen LogP contribution in [0.4, 0.5) is 0 Å². The maximum absolute atomic E-state index is 12.2. The van der Waals surface area contributed by atoms with Crippen LogP contribution in [0, 0.1) is 5.92 Å². The first-order valence-electron chi connectivity index (χ1n) is 8.30. The second-order valence-corrected chi connectivity index (χ2v) is 6.34. The molecule has 1 fully saturated rings. The monoisotopic (exact) mass is 314 g/mol. The fraction of sp³-hybridized carbons (Fsp3) is 0.474. The predicted molar refractivity (Wildman–Crippen MR) is 91.9 cm³/mol. The molecule has 0 bridgehead atoms. The van der Waals surface area contributed by atoms with E-state index in [1.807, 2.05) is 30.0 Å². The van der Waals surface area contributed by atoms with E-state index < -0.39 is 0 Å². The van der Waals surface area contributed by atoms with E-state index in [0.717, 1.165) is 25.0 Å². The normalized spacial score (nSPS) is 17.9. The third kappa shape index (κ3) is 5.55. The van der Waals surface area contributed by atoms with Crippen LogP contribution in [0.2, 0.25) is 0 Å². The van der Waals surface area contributed by atoms with Crippen molar-refractivity contribution in [2.75, 3.05) is 19.6 Å². The summed E-state index contributed by atoms with van der Waals surface area (Å²) in [6.45, 7) is 7.45. The lowest BCUT2D eigenvalue weighted by molar-refractivity contribution is -0.138. The van der Waals surface area contributed by atoms with Crippen molar-refractivity contribution in [1.29, 1.82) is 0 Å². The van der Waals surface area contributed by atoms with Crippen LogP contribution >= 0.6 is 0 Å². The molecular formula is C19H26N2O2. The first-order chi connectivity index (χ1) is 11.1. The van der Waals surface area contributed by atoms with E-state index in [-0.39, 0.29) is 17.7 Å². The van der Waals surface area contributed by atoms with Crippen molar-refractivity contribution in [2.45, 2.75) is 32.6 Å². The molecule has 1 aromatic rings. The van der Waals surface area contributed by atoms with E-state index in [0.29, 0.717) is 25.9 Å². The summed E-state index contributed by atoms with van der Waals surface area (Å²) in [6.07, 6.45) is 3.00. The lowest BCUT2D eigenvalue weighted by Gasteiger charge is -2.32. The molecule has 1 heterocycles. The third-order valence-corrected chi connectivity index (χ3v) is 4.17. The van der Waals surface area contributed by atoms with Gasteiger partial charge in [-0.05, 0) is 31.7 Å². The number of hydrogen-bond donors (Lipinski definition) is 1. The Kier molecular flexibility index (Phi) is 6.39. The number of likely N-dealkylation sites (tertiary alicyclic amines) is 1. The van der Waals surface area contributed by atoms with E-state index in [1.54, 1.807) is 0 Å². The van der Waals surface area contributed by atoms with Gasteiger partial charge in [-0.15, -0.1) is 0 Å². The number of carbonyl (C=O) groups is 2. The molecule has 0 saturated carbocycles. The maximum Gasteiger partial charge on any atom is 0.225 e. The summed E-state index contributed by atoms with van der Waals surface area (Å²) in [6, 6.07) is 10.3. The van der Waals surface area contributed by atoms with Crippen LogP contribution in [0.25, 0.3) is 0 Å². The molecule has 0 spiro atoms. The quantitative estimate of drug-likeness (QED) is 0.786. The number of aryl methyl sites for hydroxylation is 1. The number of piperidine rings is 1. The molecule has 1 aliphatic heterocycles. The molecule has 1 saturated heterocycles. The highest BCUT2D eigenvalue weighted by atomic mass is 16.2. The summed E-state index contributed by atoms with van der Waals surface area (Å²) in [4.78, 5) is 26.1. The second kappa shape index (κ2) is 8.51. The largest absolute Gasteiger partial charge is 0.352 e. The number of hydrogen-bond acceptors (Lipinski definition) is 2. The Morgan fingerprint density at radius 1 is 1.35 bits per heavy atom. The molecule has 1 N–H and O–H groups in total. The minimum absolute atomic E-state index is 0.0357. The highest BCUT2D eigenvalue weighted by Crippen LogP contribution is 2.18. The Balaban J connectivity index is 1.79. The van der Waals surface area contributed by atoms with E-state index in [1.165, 1.54) is 5.56 Å². The second-order valence-electron chi connectivity index (χ2n) is 6.34. The lowest BCUT2D eigenvalue weighted by atomic mass is 9.96. The van der Waals surface area contributed by atoms with Gasteiger partial charge in [0, 0.05) is 26.1 Å². The van der Waals surface area contributed by atoms with Gasteiger partial charge in [0.2, 0.25) is 11.8 Å². The SMILES string of the molecule is C=C(C)CNC(=O)[C@H]1CCC(=O)N(CCCc2ccccc2)C1. The summed E-state index contributed by atoms with van der Waals surface area (Å²) in [5.74, 6) is 0.111. The van der Waals surface area contributed by atoms with Crippen LogP contribution < -0.4 is 5.32 Å². The minimum atomic E-state index is -0.0937. The molecule has 1 aliphatic rings. The lowest BCUT2D eigenvalue weighted by Crippen LogP contribution is -2.46. The molecule has 23 heavy (non-hydrogen) atoms. The van der Waals surface area contributed by atoms with Gasteiger partial charge in [-0.25, -0.2) is 0 Å². The zero-order chi connectivity index (χ0) is 16.7. The van der Waals surface area contributed by atoms with Crippen molar-refractivity contribution < 1.29 is 9.59 Å². The molecule has 0 aliphatic carbocycles. The van der Waals surface area contributed by atoms with Crippen LogP contribution in [0.1, 0.15) is 31.7 Å². The third-order valence-electron chi connectivity index (χ3n) is 4.17. The fourth-order valence-electron chi connectivity index (χ4n) is 2.85. The molecule has 0 aromatic heterocycles. The van der Waals surface area contributed by atoms with Crippen molar-refractivity contribution in [1.82, 2.24) is 10.2 Å². The fourth-order valence-corrected chi connectivity index (χ4v) is 2.85. The summed E-state index contributed by atoms with van der Waals surface area (Å²) >= 11 is 0. The molecule has 4 heteroatoms. The smallest absolute Gasteiger partial charge is 0.225 e. The highest BCUT2D eigenvalue weighted by Gasteiger charge is 2.29. The van der Waals surface area contributed by atoms with Gasteiger partial charge in [0.15, 0.2) is 0 Å². The summed E-state index contributed by atoms with van der Waals surface area (Å²) in [5.41, 5.74) is 2.22. The van der Waals surface area contributed by atoms with E-state index in [4.69, 9.17) is 0 Å². The average molecular weight is 314 g/mol. The average Bonchev–Trinajstić information content (AvgIpc) is 2.55. The Hall–Kier alpha value is -2.10. The van der Waals surface area contributed by atoms with Crippen molar-refractivity contribution in [3.63, 3.8) is 0 Å². The van der Waals surface area contributed by atoms with Crippen molar-refractivity contribution in [3.8, 4) is 0 Å². The van der Waals surface area contributed by atoms with Crippen LogP contribution in [0.3, 0.4) is 0 Å². The summed E-state index contributed by atoms with van der Waals surface area (Å²) < 4.78 is 0. The van der Waals surface area contributed by atoms with Gasteiger partial charge in [0.05, 0.1) is 5.92 Å². The van der Waals surface area contributed by atoms with Gasteiger partial charge < -0.3 is 10.2 Å². The first-order valence-corrected chi connectivity index (χ1v) is 8.30. The number of amides is 2. The number of carbonyl (C=O) groups excluding carboxylic acids is 2. The molecule has 124 valence electrons. The topological polar surface area (TPSA) is 49.4 Å². The molecule has 1 atom stereocenters. The number of nitrogens with zero attached hydrogens (tertiary/aromatic N) is 1. The molecule has 1 aromatic carbocycles. The van der Waals surface area contributed by atoms with Gasteiger partial charge in [0.1, 0.15) is 0 Å². The number of nitrogens with one attached hydrogen (secondary N) is 1. The van der Waals surface area contributed by atoms with Gasteiger partial charge in [0.25, 0.3) is 0 Å². The molecule has 2 amide bonds. The highest BCUT2D eigenvalue weighted by molar-refractivity contribution is 5.83.